The Morgan fingerprint density at radius 1 is 1.12 bits per heavy atom. The van der Waals surface area contributed by atoms with Crippen LogP contribution in [0, 0.1) is 0 Å². The second-order valence-electron chi connectivity index (χ2n) is 7.59. The number of nitrogens with one attached hydrogen (secondary N) is 3. The number of rotatable bonds is 7. The fourth-order valence-corrected chi connectivity index (χ4v) is 3.74. The van der Waals surface area contributed by atoms with E-state index >= 15 is 0 Å². The van der Waals surface area contributed by atoms with Crippen LogP contribution in [0.4, 0.5) is 21.0 Å². The van der Waals surface area contributed by atoms with E-state index in [1.165, 1.54) is 7.11 Å². The normalized spacial score (nSPS) is 15.7. The number of hydrogen-bond donors (Lipinski definition) is 3. The molecule has 8 nitrogen and oxygen atoms in total. The van der Waals surface area contributed by atoms with Crippen molar-refractivity contribution in [1.82, 2.24) is 10.2 Å². The number of amides is 4. The van der Waals surface area contributed by atoms with E-state index in [1.807, 2.05) is 6.92 Å². The number of carbonyl (C=O) groups is 3. The highest BCUT2D eigenvalue weighted by atomic mass is 35.5. The molecule has 0 saturated carbocycles. The zero-order chi connectivity index (χ0) is 24.0. The van der Waals surface area contributed by atoms with Gasteiger partial charge >= 0.3 is 18.0 Å². The minimum Gasteiger partial charge on any atom is -0.466 e. The van der Waals surface area contributed by atoms with E-state index in [4.69, 9.17) is 16.3 Å². The lowest BCUT2D eigenvalue weighted by Crippen LogP contribution is -2.48. The maximum atomic E-state index is 12.8. The minimum absolute atomic E-state index is 0.280. The number of allylic oxidation sites excluding steroid dienone is 1. The van der Waals surface area contributed by atoms with Crippen molar-refractivity contribution in [2.75, 3.05) is 24.3 Å². The quantitative estimate of drug-likeness (QED) is 0.478. The van der Waals surface area contributed by atoms with Crippen LogP contribution in [0.5, 0.6) is 0 Å². The van der Waals surface area contributed by atoms with E-state index in [1.54, 1.807) is 60.4 Å². The molecule has 0 spiro atoms. The summed E-state index contributed by atoms with van der Waals surface area (Å²) in [5.74, 6) is -0.516. The predicted molar refractivity (Wildman–Crippen MR) is 128 cm³/mol. The number of halogens is 1. The summed E-state index contributed by atoms with van der Waals surface area (Å²) >= 11 is 5.87. The Bertz CT molecular complexity index is 1070. The van der Waals surface area contributed by atoms with Crippen molar-refractivity contribution in [3.8, 4) is 0 Å². The molecule has 4 amide bonds. The summed E-state index contributed by atoms with van der Waals surface area (Å²) in [5, 5.41) is 8.96. The van der Waals surface area contributed by atoms with Gasteiger partial charge in [0.15, 0.2) is 0 Å². The Kier molecular flexibility index (Phi) is 7.95. The van der Waals surface area contributed by atoms with Gasteiger partial charge in [0.2, 0.25) is 0 Å². The van der Waals surface area contributed by atoms with Gasteiger partial charge in [-0.1, -0.05) is 37.1 Å². The van der Waals surface area contributed by atoms with Crippen molar-refractivity contribution >= 4 is 41.0 Å². The van der Waals surface area contributed by atoms with E-state index < -0.39 is 18.0 Å². The number of unbranched alkanes of at least 4 members (excludes halogenated alkanes) is 1. The van der Waals surface area contributed by atoms with E-state index in [-0.39, 0.29) is 6.03 Å². The molecule has 2 aromatic carbocycles. The summed E-state index contributed by atoms with van der Waals surface area (Å²) in [7, 11) is 1.31. The first-order valence-corrected chi connectivity index (χ1v) is 11.0. The second-order valence-corrected chi connectivity index (χ2v) is 8.03. The number of nitrogens with zero attached hydrogens (tertiary/aromatic N) is 1. The smallest absolute Gasteiger partial charge is 0.337 e. The molecule has 0 aromatic heterocycles. The topological polar surface area (TPSA) is 99.8 Å². The molecule has 2 aromatic rings. The molecule has 3 rings (SSSR count). The van der Waals surface area contributed by atoms with Gasteiger partial charge in [0.25, 0.3) is 0 Å². The van der Waals surface area contributed by atoms with Crippen molar-refractivity contribution in [2.45, 2.75) is 32.7 Å². The SMILES string of the molecule is CCCCN1C(=O)NC(c2cccc(NC(=O)Nc3ccc(Cl)cc3)c2)C(C(=O)OC)=C1C. The van der Waals surface area contributed by atoms with Gasteiger partial charge in [0.1, 0.15) is 0 Å². The highest BCUT2D eigenvalue weighted by Crippen LogP contribution is 2.32. The molecule has 174 valence electrons. The maximum Gasteiger partial charge on any atom is 0.337 e. The average Bonchev–Trinajstić information content (AvgIpc) is 2.80. The van der Waals surface area contributed by atoms with E-state index in [2.05, 4.69) is 16.0 Å². The molecule has 1 atom stereocenters. The van der Waals surface area contributed by atoms with Crippen LogP contribution in [-0.4, -0.2) is 36.6 Å². The number of esters is 1. The van der Waals surface area contributed by atoms with E-state index in [9.17, 15) is 14.4 Å². The van der Waals surface area contributed by atoms with Gasteiger partial charge in [0.05, 0.1) is 18.7 Å². The van der Waals surface area contributed by atoms with Gasteiger partial charge in [-0.2, -0.15) is 0 Å². The fraction of sp³-hybridized carbons (Fsp3) is 0.292. The number of carbonyl (C=O) groups excluding carboxylic acids is 3. The van der Waals surface area contributed by atoms with Gasteiger partial charge in [-0.25, -0.2) is 14.4 Å². The molecule has 0 radical (unpaired) electrons. The second kappa shape index (κ2) is 10.9. The Labute approximate surface area is 197 Å². The van der Waals surface area contributed by atoms with E-state index in [0.717, 1.165) is 12.8 Å². The summed E-state index contributed by atoms with van der Waals surface area (Å²) in [4.78, 5) is 39.4. The molecule has 1 aliphatic rings. The molecular formula is C24H27ClN4O4. The van der Waals surface area contributed by atoms with Crippen LogP contribution in [-0.2, 0) is 9.53 Å². The first-order valence-electron chi connectivity index (χ1n) is 10.6. The lowest BCUT2D eigenvalue weighted by molar-refractivity contribution is -0.136. The standard InChI is InChI=1S/C24H27ClN4O4/c1-4-5-13-29-15(2)20(22(30)33-3)21(28-24(29)32)16-7-6-8-19(14-16)27-23(31)26-18-11-9-17(25)10-12-18/h6-12,14,21H,4-5,13H2,1-3H3,(H,28,32)(H2,26,27,31). The summed E-state index contributed by atoms with van der Waals surface area (Å²) in [5.41, 5.74) is 2.65. The zero-order valence-electron chi connectivity index (χ0n) is 18.8. The molecule has 0 aliphatic carbocycles. The van der Waals surface area contributed by atoms with E-state index in [0.29, 0.717) is 39.8 Å². The molecule has 0 bridgehead atoms. The lowest BCUT2D eigenvalue weighted by Gasteiger charge is -2.35. The third-order valence-corrected chi connectivity index (χ3v) is 5.57. The van der Waals surface area contributed by atoms with Crippen LogP contribution < -0.4 is 16.0 Å². The highest BCUT2D eigenvalue weighted by Gasteiger charge is 2.36. The fourth-order valence-electron chi connectivity index (χ4n) is 3.61. The molecule has 33 heavy (non-hydrogen) atoms. The number of ether oxygens (including phenoxy) is 1. The monoisotopic (exact) mass is 470 g/mol. The Morgan fingerprint density at radius 2 is 1.82 bits per heavy atom. The number of methoxy groups -OCH3 is 1. The van der Waals surface area contributed by atoms with Crippen molar-refractivity contribution in [3.05, 3.63) is 70.4 Å². The van der Waals surface area contributed by atoms with Gasteiger partial charge in [-0.15, -0.1) is 0 Å². The molecule has 0 fully saturated rings. The van der Waals surface area contributed by atoms with Crippen LogP contribution >= 0.6 is 11.6 Å². The lowest BCUT2D eigenvalue weighted by atomic mass is 9.94. The van der Waals surface area contributed by atoms with Crippen LogP contribution in [0.25, 0.3) is 0 Å². The first kappa shape index (κ1) is 24.1. The third kappa shape index (κ3) is 5.84. The Morgan fingerprint density at radius 3 is 2.48 bits per heavy atom. The average molecular weight is 471 g/mol. The Balaban J connectivity index is 1.84. The molecule has 0 saturated heterocycles. The number of urea groups is 2. The molecule has 1 heterocycles. The van der Waals surface area contributed by atoms with Crippen molar-refractivity contribution < 1.29 is 19.1 Å². The van der Waals surface area contributed by atoms with Gasteiger partial charge in [-0.3, -0.25) is 4.90 Å². The highest BCUT2D eigenvalue weighted by molar-refractivity contribution is 6.30. The zero-order valence-corrected chi connectivity index (χ0v) is 19.5. The number of hydrogen-bond acceptors (Lipinski definition) is 4. The van der Waals surface area contributed by atoms with Crippen LogP contribution in [0.3, 0.4) is 0 Å². The summed E-state index contributed by atoms with van der Waals surface area (Å²) in [6.45, 7) is 4.29. The molecule has 9 heteroatoms. The number of benzene rings is 2. The molecule has 3 N–H and O–H groups in total. The van der Waals surface area contributed by atoms with Gasteiger partial charge in [0, 0.05) is 28.6 Å². The molecular weight excluding hydrogens is 444 g/mol. The first-order chi connectivity index (χ1) is 15.8. The third-order valence-electron chi connectivity index (χ3n) is 5.32. The van der Waals surface area contributed by atoms with Crippen LogP contribution in [0.2, 0.25) is 5.02 Å². The van der Waals surface area contributed by atoms with Crippen LogP contribution in [0.1, 0.15) is 38.3 Å². The van der Waals surface area contributed by atoms with Gasteiger partial charge in [-0.05, 0) is 55.3 Å². The Hall–Kier alpha value is -3.52. The van der Waals surface area contributed by atoms with Gasteiger partial charge < -0.3 is 20.7 Å². The van der Waals surface area contributed by atoms with Crippen molar-refractivity contribution in [1.29, 1.82) is 0 Å². The van der Waals surface area contributed by atoms with Crippen molar-refractivity contribution in [3.63, 3.8) is 0 Å². The molecule has 1 aliphatic heterocycles. The molecule has 1 unspecified atom stereocenters. The minimum atomic E-state index is -0.705. The van der Waals surface area contributed by atoms with Crippen molar-refractivity contribution in [2.24, 2.45) is 0 Å². The summed E-state index contributed by atoms with van der Waals surface area (Å²) in [6.07, 6.45) is 1.73. The summed E-state index contributed by atoms with van der Waals surface area (Å²) < 4.78 is 5.01. The number of anilines is 2. The largest absolute Gasteiger partial charge is 0.466 e. The van der Waals surface area contributed by atoms with Crippen LogP contribution in [0.15, 0.2) is 59.8 Å². The summed E-state index contributed by atoms with van der Waals surface area (Å²) in [6, 6.07) is 12.3. The maximum absolute atomic E-state index is 12.8. The predicted octanol–water partition coefficient (Wildman–Crippen LogP) is 5.30.